The Balaban J connectivity index is 2.28. The number of aryl methyl sites for hydroxylation is 1. The number of carbonyl (C=O) groups excluding carboxylic acids is 1. The molecule has 0 radical (unpaired) electrons. The summed E-state index contributed by atoms with van der Waals surface area (Å²) in [4.78, 5) is 12.3. The van der Waals surface area contributed by atoms with Crippen molar-refractivity contribution in [2.24, 2.45) is 5.92 Å². The van der Waals surface area contributed by atoms with Crippen LogP contribution in [0.3, 0.4) is 0 Å². The molecule has 0 amide bonds. The van der Waals surface area contributed by atoms with Gasteiger partial charge in [0.2, 0.25) is 0 Å². The first-order valence-electron chi connectivity index (χ1n) is 5.60. The number of benzene rings is 1. The van der Waals surface area contributed by atoms with E-state index in [9.17, 15) is 4.79 Å². The average Bonchev–Trinajstić information content (AvgIpc) is 2.69. The van der Waals surface area contributed by atoms with E-state index >= 15 is 0 Å². The SMILES string of the molecule is Cc1cc(Br)c(C(=O)C2COC(C)C2)cc1Br. The van der Waals surface area contributed by atoms with Crippen LogP contribution in [-0.4, -0.2) is 18.5 Å². The molecule has 1 aromatic carbocycles. The molecular weight excluding hydrogens is 348 g/mol. The summed E-state index contributed by atoms with van der Waals surface area (Å²) in [5.41, 5.74) is 1.86. The van der Waals surface area contributed by atoms with E-state index in [4.69, 9.17) is 4.74 Å². The lowest BCUT2D eigenvalue weighted by Gasteiger charge is -2.10. The van der Waals surface area contributed by atoms with E-state index in [1.807, 2.05) is 26.0 Å². The molecule has 1 aliphatic heterocycles. The minimum atomic E-state index is -0.00379. The summed E-state index contributed by atoms with van der Waals surface area (Å²) < 4.78 is 7.29. The number of ketones is 1. The lowest BCUT2D eigenvalue weighted by Crippen LogP contribution is -2.15. The van der Waals surface area contributed by atoms with Crippen molar-refractivity contribution >= 4 is 37.6 Å². The molecule has 1 fully saturated rings. The quantitative estimate of drug-likeness (QED) is 0.740. The van der Waals surface area contributed by atoms with Crippen LogP contribution in [0.5, 0.6) is 0 Å². The molecule has 0 bridgehead atoms. The maximum atomic E-state index is 12.3. The number of halogens is 2. The third kappa shape index (κ3) is 2.80. The third-order valence-corrected chi connectivity index (χ3v) is 4.59. The van der Waals surface area contributed by atoms with E-state index in [0.29, 0.717) is 6.61 Å². The van der Waals surface area contributed by atoms with Crippen LogP contribution in [0.15, 0.2) is 21.1 Å². The number of carbonyl (C=O) groups is 1. The summed E-state index contributed by atoms with van der Waals surface area (Å²) in [7, 11) is 0. The maximum Gasteiger partial charge on any atom is 0.169 e. The fraction of sp³-hybridized carbons (Fsp3) is 0.462. The van der Waals surface area contributed by atoms with Gasteiger partial charge in [-0.1, -0.05) is 31.9 Å². The first-order valence-corrected chi connectivity index (χ1v) is 7.19. The molecule has 1 heterocycles. The maximum absolute atomic E-state index is 12.3. The van der Waals surface area contributed by atoms with Gasteiger partial charge in [-0.25, -0.2) is 0 Å². The molecule has 1 saturated heterocycles. The highest BCUT2D eigenvalue weighted by atomic mass is 79.9. The number of ether oxygens (including phenoxy) is 1. The fourth-order valence-corrected chi connectivity index (χ4v) is 3.05. The zero-order valence-electron chi connectivity index (χ0n) is 9.80. The Hall–Kier alpha value is -0.190. The summed E-state index contributed by atoms with van der Waals surface area (Å²) >= 11 is 6.93. The fourth-order valence-electron chi connectivity index (χ4n) is 2.05. The van der Waals surface area contributed by atoms with Crippen molar-refractivity contribution in [2.45, 2.75) is 26.4 Å². The zero-order valence-corrected chi connectivity index (χ0v) is 13.0. The molecule has 0 spiro atoms. The first kappa shape index (κ1) is 13.2. The van der Waals surface area contributed by atoms with Crippen LogP contribution in [0.1, 0.15) is 29.3 Å². The molecule has 1 aromatic rings. The van der Waals surface area contributed by atoms with Gasteiger partial charge < -0.3 is 4.74 Å². The first-order chi connectivity index (χ1) is 7.99. The van der Waals surface area contributed by atoms with Gasteiger partial charge in [0.25, 0.3) is 0 Å². The smallest absolute Gasteiger partial charge is 0.169 e. The molecule has 2 rings (SSSR count). The second-order valence-corrected chi connectivity index (χ2v) is 6.23. The second-order valence-electron chi connectivity index (χ2n) is 4.52. The van der Waals surface area contributed by atoms with Crippen LogP contribution >= 0.6 is 31.9 Å². The number of hydrogen-bond acceptors (Lipinski definition) is 2. The van der Waals surface area contributed by atoms with Crippen molar-refractivity contribution in [3.8, 4) is 0 Å². The zero-order chi connectivity index (χ0) is 12.6. The van der Waals surface area contributed by atoms with Crippen molar-refractivity contribution in [3.63, 3.8) is 0 Å². The molecule has 4 heteroatoms. The van der Waals surface area contributed by atoms with E-state index in [-0.39, 0.29) is 17.8 Å². The van der Waals surface area contributed by atoms with E-state index in [0.717, 1.165) is 26.5 Å². The van der Waals surface area contributed by atoms with Gasteiger partial charge in [0, 0.05) is 20.4 Å². The van der Waals surface area contributed by atoms with Crippen molar-refractivity contribution in [1.82, 2.24) is 0 Å². The molecule has 2 nitrogen and oxygen atoms in total. The van der Waals surface area contributed by atoms with Crippen LogP contribution in [0, 0.1) is 12.8 Å². The second kappa shape index (κ2) is 5.21. The average molecular weight is 362 g/mol. The molecule has 0 aromatic heterocycles. The van der Waals surface area contributed by atoms with E-state index in [2.05, 4.69) is 31.9 Å². The number of hydrogen-bond donors (Lipinski definition) is 0. The minimum absolute atomic E-state index is 0.00379. The lowest BCUT2D eigenvalue weighted by molar-refractivity contribution is 0.0877. The van der Waals surface area contributed by atoms with Crippen LogP contribution < -0.4 is 0 Å². The Morgan fingerprint density at radius 1 is 1.35 bits per heavy atom. The van der Waals surface area contributed by atoms with E-state index < -0.39 is 0 Å². The number of rotatable bonds is 2. The van der Waals surface area contributed by atoms with Crippen molar-refractivity contribution in [1.29, 1.82) is 0 Å². The van der Waals surface area contributed by atoms with Gasteiger partial charge in [-0.3, -0.25) is 4.79 Å². The van der Waals surface area contributed by atoms with E-state index in [1.165, 1.54) is 0 Å². The largest absolute Gasteiger partial charge is 0.378 e. The summed E-state index contributed by atoms with van der Waals surface area (Å²) in [6, 6.07) is 3.86. The molecule has 2 unspecified atom stereocenters. The van der Waals surface area contributed by atoms with Crippen LogP contribution in [0.2, 0.25) is 0 Å². The van der Waals surface area contributed by atoms with Crippen molar-refractivity contribution in [2.75, 3.05) is 6.61 Å². The Morgan fingerprint density at radius 3 is 2.65 bits per heavy atom. The highest BCUT2D eigenvalue weighted by molar-refractivity contribution is 9.11. The number of Topliss-reactive ketones (excluding diaryl/α,β-unsaturated/α-hetero) is 1. The highest BCUT2D eigenvalue weighted by Crippen LogP contribution is 2.30. The van der Waals surface area contributed by atoms with Gasteiger partial charge >= 0.3 is 0 Å². The van der Waals surface area contributed by atoms with Gasteiger partial charge in [-0.2, -0.15) is 0 Å². The third-order valence-electron chi connectivity index (χ3n) is 3.08. The van der Waals surface area contributed by atoms with Crippen LogP contribution in [0.25, 0.3) is 0 Å². The highest BCUT2D eigenvalue weighted by Gasteiger charge is 2.30. The summed E-state index contributed by atoms with van der Waals surface area (Å²) in [6.07, 6.45) is 1.01. The molecule has 92 valence electrons. The van der Waals surface area contributed by atoms with E-state index in [1.54, 1.807) is 0 Å². The normalized spacial score (nSPS) is 24.0. The predicted molar refractivity (Wildman–Crippen MR) is 74.4 cm³/mol. The van der Waals surface area contributed by atoms with Gasteiger partial charge in [0.05, 0.1) is 12.7 Å². The Labute approximate surface area is 118 Å². The van der Waals surface area contributed by atoms with Gasteiger partial charge in [0.15, 0.2) is 5.78 Å². The lowest BCUT2D eigenvalue weighted by atomic mass is 9.95. The molecule has 17 heavy (non-hydrogen) atoms. The molecule has 0 aliphatic carbocycles. The topological polar surface area (TPSA) is 26.3 Å². The Morgan fingerprint density at radius 2 is 2.06 bits per heavy atom. The monoisotopic (exact) mass is 360 g/mol. The molecular formula is C13H14Br2O2. The minimum Gasteiger partial charge on any atom is -0.378 e. The Kier molecular flexibility index (Phi) is 4.06. The summed E-state index contributed by atoms with van der Waals surface area (Å²) in [6.45, 7) is 4.55. The Bertz CT molecular complexity index is 457. The van der Waals surface area contributed by atoms with Crippen LogP contribution in [0.4, 0.5) is 0 Å². The standard InChI is InChI=1S/C13H14Br2O2/c1-7-3-12(15)10(5-11(7)14)13(16)9-4-8(2)17-6-9/h3,5,8-9H,4,6H2,1-2H3. The molecule has 0 saturated carbocycles. The molecule has 2 atom stereocenters. The van der Waals surface area contributed by atoms with Crippen LogP contribution in [-0.2, 0) is 4.74 Å². The predicted octanol–water partition coefficient (Wildman–Crippen LogP) is 4.13. The van der Waals surface area contributed by atoms with Crippen molar-refractivity contribution < 1.29 is 9.53 Å². The van der Waals surface area contributed by atoms with Gasteiger partial charge in [0.1, 0.15) is 0 Å². The van der Waals surface area contributed by atoms with Gasteiger partial charge in [-0.05, 0) is 38.0 Å². The molecule has 1 aliphatic rings. The summed E-state index contributed by atoms with van der Waals surface area (Å²) in [5, 5.41) is 0. The van der Waals surface area contributed by atoms with Crippen molar-refractivity contribution in [3.05, 3.63) is 32.2 Å². The molecule has 0 N–H and O–H groups in total. The van der Waals surface area contributed by atoms with Gasteiger partial charge in [-0.15, -0.1) is 0 Å². The summed E-state index contributed by atoms with van der Waals surface area (Å²) in [5.74, 6) is 0.165.